The van der Waals surface area contributed by atoms with Gasteiger partial charge in [0.05, 0.1) is 6.04 Å². The lowest BCUT2D eigenvalue weighted by atomic mass is 10.1. The molecule has 0 aliphatic carbocycles. The summed E-state index contributed by atoms with van der Waals surface area (Å²) in [6, 6.07) is 10.9. The van der Waals surface area contributed by atoms with Gasteiger partial charge in [0.15, 0.2) is 23.0 Å². The van der Waals surface area contributed by atoms with Crippen LogP contribution >= 0.6 is 0 Å². The van der Waals surface area contributed by atoms with Crippen molar-refractivity contribution < 1.29 is 23.7 Å². The lowest BCUT2D eigenvalue weighted by molar-refractivity contribution is 0.171. The fourth-order valence-electron chi connectivity index (χ4n) is 2.89. The average molecular weight is 356 g/mol. The Bertz CT molecular complexity index is 824. The first kappa shape index (κ1) is 16.4. The van der Waals surface area contributed by atoms with Crippen molar-refractivity contribution in [1.82, 2.24) is 10.6 Å². The average Bonchev–Trinajstić information content (AvgIpc) is 3.13. The molecule has 2 heterocycles. The van der Waals surface area contributed by atoms with Crippen LogP contribution in [0.5, 0.6) is 23.0 Å². The highest BCUT2D eigenvalue weighted by atomic mass is 16.7. The Balaban J connectivity index is 1.33. The van der Waals surface area contributed by atoms with Crippen molar-refractivity contribution in [2.75, 3.05) is 20.0 Å². The van der Waals surface area contributed by atoms with Gasteiger partial charge in [-0.2, -0.15) is 0 Å². The van der Waals surface area contributed by atoms with Crippen molar-refractivity contribution in [1.29, 1.82) is 0 Å². The number of benzene rings is 2. The van der Waals surface area contributed by atoms with Gasteiger partial charge in [0, 0.05) is 6.54 Å². The summed E-state index contributed by atoms with van der Waals surface area (Å²) in [7, 11) is 0. The Hall–Kier alpha value is -3.09. The van der Waals surface area contributed by atoms with E-state index in [2.05, 4.69) is 10.6 Å². The first-order valence-corrected chi connectivity index (χ1v) is 8.51. The van der Waals surface area contributed by atoms with E-state index in [1.54, 1.807) is 0 Å². The summed E-state index contributed by atoms with van der Waals surface area (Å²) in [6.07, 6.45) is 0. The van der Waals surface area contributed by atoms with Gasteiger partial charge < -0.3 is 29.6 Å². The van der Waals surface area contributed by atoms with Crippen LogP contribution in [-0.4, -0.2) is 26.0 Å². The zero-order valence-electron chi connectivity index (χ0n) is 14.4. The maximum Gasteiger partial charge on any atom is 0.315 e. The smallest absolute Gasteiger partial charge is 0.315 e. The zero-order chi connectivity index (χ0) is 17.9. The number of carbonyl (C=O) groups excluding carboxylic acids is 1. The molecular formula is C19H20N2O5. The molecule has 1 atom stereocenters. The Labute approximate surface area is 151 Å². The minimum atomic E-state index is -0.245. The Morgan fingerprint density at radius 3 is 2.54 bits per heavy atom. The number of amides is 2. The third-order valence-corrected chi connectivity index (χ3v) is 4.30. The lowest BCUT2D eigenvalue weighted by Crippen LogP contribution is -2.36. The molecule has 136 valence electrons. The number of ether oxygens (including phenoxy) is 4. The third kappa shape index (κ3) is 3.46. The molecule has 4 rings (SSSR count). The number of rotatable bonds is 4. The maximum atomic E-state index is 12.2. The summed E-state index contributed by atoms with van der Waals surface area (Å²) < 4.78 is 21.7. The van der Waals surface area contributed by atoms with Crippen molar-refractivity contribution in [2.45, 2.75) is 19.5 Å². The second kappa shape index (κ2) is 7.03. The molecule has 7 nitrogen and oxygen atoms in total. The van der Waals surface area contributed by atoms with Crippen molar-refractivity contribution in [3.05, 3.63) is 47.5 Å². The van der Waals surface area contributed by atoms with Gasteiger partial charge in [0.2, 0.25) is 6.79 Å². The van der Waals surface area contributed by atoms with E-state index >= 15 is 0 Å². The van der Waals surface area contributed by atoms with Crippen LogP contribution in [0.15, 0.2) is 36.4 Å². The zero-order valence-corrected chi connectivity index (χ0v) is 14.4. The van der Waals surface area contributed by atoms with Gasteiger partial charge in [-0.25, -0.2) is 4.79 Å². The molecule has 2 amide bonds. The molecule has 2 aromatic rings. The second-order valence-electron chi connectivity index (χ2n) is 6.14. The predicted octanol–water partition coefficient (Wildman–Crippen LogP) is 2.75. The molecule has 0 unspecified atom stereocenters. The van der Waals surface area contributed by atoms with E-state index in [1.165, 1.54) is 0 Å². The highest BCUT2D eigenvalue weighted by Crippen LogP contribution is 2.33. The SMILES string of the molecule is C[C@H](NC(=O)NCc1ccc2c(c1)OCO2)c1ccc2c(c1)OCCO2. The van der Waals surface area contributed by atoms with Gasteiger partial charge in [-0.15, -0.1) is 0 Å². The number of urea groups is 1. The summed E-state index contributed by atoms with van der Waals surface area (Å²) in [5.74, 6) is 2.88. The van der Waals surface area contributed by atoms with Gasteiger partial charge in [-0.3, -0.25) is 0 Å². The molecule has 2 N–H and O–H groups in total. The standard InChI is InChI=1S/C19H20N2O5/c1-12(14-3-5-15-18(9-14)24-7-6-23-15)21-19(22)20-10-13-2-4-16-17(8-13)26-11-25-16/h2-5,8-9,12H,6-7,10-11H2,1H3,(H2,20,21,22)/t12-/m0/s1. The fourth-order valence-corrected chi connectivity index (χ4v) is 2.89. The normalized spacial score (nSPS) is 15.3. The van der Waals surface area contributed by atoms with Crippen LogP contribution in [-0.2, 0) is 6.54 Å². The van der Waals surface area contributed by atoms with E-state index in [1.807, 2.05) is 43.3 Å². The highest BCUT2D eigenvalue weighted by Gasteiger charge is 2.16. The topological polar surface area (TPSA) is 78.1 Å². The van der Waals surface area contributed by atoms with Crippen LogP contribution in [0.1, 0.15) is 24.1 Å². The van der Waals surface area contributed by atoms with Gasteiger partial charge in [-0.05, 0) is 42.3 Å². The summed E-state index contributed by atoms with van der Waals surface area (Å²) in [5.41, 5.74) is 1.89. The summed E-state index contributed by atoms with van der Waals surface area (Å²) in [5, 5.41) is 5.77. The number of carbonyl (C=O) groups is 1. The second-order valence-corrected chi connectivity index (χ2v) is 6.14. The van der Waals surface area contributed by atoms with E-state index in [-0.39, 0.29) is 18.9 Å². The molecule has 7 heteroatoms. The highest BCUT2D eigenvalue weighted by molar-refractivity contribution is 5.74. The Kier molecular flexibility index (Phi) is 4.43. The van der Waals surface area contributed by atoms with Crippen LogP contribution < -0.4 is 29.6 Å². The van der Waals surface area contributed by atoms with E-state index in [0.29, 0.717) is 31.3 Å². The minimum absolute atomic E-state index is 0.164. The molecule has 0 fully saturated rings. The number of nitrogens with one attached hydrogen (secondary N) is 2. The fraction of sp³-hybridized carbons (Fsp3) is 0.316. The summed E-state index contributed by atoms with van der Waals surface area (Å²) in [6.45, 7) is 3.65. The third-order valence-electron chi connectivity index (χ3n) is 4.30. The predicted molar refractivity (Wildman–Crippen MR) is 93.8 cm³/mol. The van der Waals surface area contributed by atoms with Crippen molar-refractivity contribution in [2.24, 2.45) is 0 Å². The largest absolute Gasteiger partial charge is 0.486 e. The number of hydrogen-bond acceptors (Lipinski definition) is 5. The minimum Gasteiger partial charge on any atom is -0.486 e. The van der Waals surface area contributed by atoms with Gasteiger partial charge in [0.1, 0.15) is 13.2 Å². The van der Waals surface area contributed by atoms with Crippen molar-refractivity contribution in [3.63, 3.8) is 0 Å². The molecule has 0 radical (unpaired) electrons. The van der Waals surface area contributed by atoms with Crippen LogP contribution in [0.4, 0.5) is 4.79 Å². The van der Waals surface area contributed by atoms with Crippen LogP contribution in [0, 0.1) is 0 Å². The van der Waals surface area contributed by atoms with Crippen molar-refractivity contribution in [3.8, 4) is 23.0 Å². The Morgan fingerprint density at radius 1 is 0.962 bits per heavy atom. The van der Waals surface area contributed by atoms with Gasteiger partial charge >= 0.3 is 6.03 Å². The van der Waals surface area contributed by atoms with Crippen molar-refractivity contribution >= 4 is 6.03 Å². The molecule has 0 saturated carbocycles. The van der Waals surface area contributed by atoms with Crippen LogP contribution in [0.2, 0.25) is 0 Å². The molecule has 0 spiro atoms. The molecule has 2 aliphatic rings. The van der Waals surface area contributed by atoms with Crippen LogP contribution in [0.25, 0.3) is 0 Å². The molecule has 0 bridgehead atoms. The van der Waals surface area contributed by atoms with E-state index in [4.69, 9.17) is 18.9 Å². The lowest BCUT2D eigenvalue weighted by Gasteiger charge is -2.21. The summed E-state index contributed by atoms with van der Waals surface area (Å²) >= 11 is 0. The van der Waals surface area contributed by atoms with E-state index < -0.39 is 0 Å². The molecule has 2 aliphatic heterocycles. The molecule has 0 saturated heterocycles. The quantitative estimate of drug-likeness (QED) is 0.881. The van der Waals surface area contributed by atoms with E-state index in [0.717, 1.165) is 22.6 Å². The van der Waals surface area contributed by atoms with Gasteiger partial charge in [0.25, 0.3) is 0 Å². The first-order chi connectivity index (χ1) is 12.7. The number of fused-ring (bicyclic) bond motifs is 2. The van der Waals surface area contributed by atoms with E-state index in [9.17, 15) is 4.79 Å². The maximum absolute atomic E-state index is 12.2. The van der Waals surface area contributed by atoms with Crippen LogP contribution in [0.3, 0.4) is 0 Å². The molecule has 0 aromatic heterocycles. The monoisotopic (exact) mass is 356 g/mol. The van der Waals surface area contributed by atoms with Gasteiger partial charge in [-0.1, -0.05) is 12.1 Å². The summed E-state index contributed by atoms with van der Waals surface area (Å²) in [4.78, 5) is 12.2. The first-order valence-electron chi connectivity index (χ1n) is 8.51. The molecular weight excluding hydrogens is 336 g/mol. The molecule has 2 aromatic carbocycles. The number of hydrogen-bond donors (Lipinski definition) is 2. The Morgan fingerprint density at radius 2 is 1.65 bits per heavy atom. The molecule has 26 heavy (non-hydrogen) atoms.